The smallest absolute Gasteiger partial charge is 0.314 e. The van der Waals surface area contributed by atoms with Crippen LogP contribution in [0.1, 0.15) is 31.7 Å². The van der Waals surface area contributed by atoms with Crippen molar-refractivity contribution in [1.82, 2.24) is 5.32 Å². The first-order valence-corrected chi connectivity index (χ1v) is 6.41. The van der Waals surface area contributed by atoms with Gasteiger partial charge in [0.25, 0.3) is 0 Å². The molecule has 1 aromatic rings. The summed E-state index contributed by atoms with van der Waals surface area (Å²) in [6, 6.07) is 6.47. The van der Waals surface area contributed by atoms with Gasteiger partial charge in [-0.05, 0) is 50.4 Å². The van der Waals surface area contributed by atoms with E-state index in [-0.39, 0.29) is 18.3 Å². The summed E-state index contributed by atoms with van der Waals surface area (Å²) in [7, 11) is 0. The first-order valence-electron chi connectivity index (χ1n) is 6.41. The Morgan fingerprint density at radius 3 is 2.58 bits per heavy atom. The number of hydrogen-bond acceptors (Lipinski definition) is 1. The largest absolute Gasteiger partial charge is 0.389 e. The molecule has 1 aromatic carbocycles. The fraction of sp³-hybridized carbons (Fsp3) is 0.571. The Labute approximate surface area is 111 Å². The van der Waals surface area contributed by atoms with E-state index < -0.39 is 12.6 Å². The lowest BCUT2D eigenvalue weighted by atomic mass is 10.1. The summed E-state index contributed by atoms with van der Waals surface area (Å²) in [4.78, 5) is 0. The van der Waals surface area contributed by atoms with Crippen molar-refractivity contribution in [1.29, 1.82) is 0 Å². The van der Waals surface area contributed by atoms with Crippen LogP contribution in [-0.4, -0.2) is 18.8 Å². The van der Waals surface area contributed by atoms with E-state index in [0.717, 1.165) is 5.56 Å². The summed E-state index contributed by atoms with van der Waals surface area (Å²) in [6.07, 6.45) is -3.49. The van der Waals surface area contributed by atoms with Crippen molar-refractivity contribution in [2.75, 3.05) is 6.54 Å². The van der Waals surface area contributed by atoms with E-state index >= 15 is 0 Å². The minimum Gasteiger partial charge on any atom is -0.314 e. The highest BCUT2D eigenvalue weighted by atomic mass is 19.4. The van der Waals surface area contributed by atoms with E-state index in [1.54, 1.807) is 6.07 Å². The van der Waals surface area contributed by atoms with Crippen molar-refractivity contribution in [2.45, 2.75) is 44.8 Å². The quantitative estimate of drug-likeness (QED) is 0.585. The van der Waals surface area contributed by atoms with Crippen LogP contribution >= 0.6 is 0 Å². The highest BCUT2D eigenvalue weighted by molar-refractivity contribution is 5.17. The summed E-state index contributed by atoms with van der Waals surface area (Å²) < 4.78 is 48.7. The molecule has 0 spiro atoms. The molecular formula is C14H19F4N. The molecule has 1 nitrogen and oxygen atoms in total. The summed E-state index contributed by atoms with van der Waals surface area (Å²) in [5.41, 5.74) is 0.885. The van der Waals surface area contributed by atoms with Gasteiger partial charge in [-0.1, -0.05) is 12.1 Å². The average Bonchev–Trinajstić information content (AvgIpc) is 2.26. The molecule has 0 heterocycles. The maximum atomic E-state index is 13.0. The van der Waals surface area contributed by atoms with Gasteiger partial charge in [0, 0.05) is 12.5 Å². The van der Waals surface area contributed by atoms with Gasteiger partial charge in [-0.2, -0.15) is 13.2 Å². The lowest BCUT2D eigenvalue weighted by molar-refractivity contribution is -0.135. The zero-order chi connectivity index (χ0) is 14.3. The molecule has 5 heteroatoms. The summed E-state index contributed by atoms with van der Waals surface area (Å²) in [6.45, 7) is 2.49. The van der Waals surface area contributed by atoms with Crippen LogP contribution in [0.25, 0.3) is 0 Å². The number of rotatable bonds is 7. The fourth-order valence-corrected chi connectivity index (χ4v) is 1.89. The van der Waals surface area contributed by atoms with Gasteiger partial charge >= 0.3 is 6.18 Å². The molecule has 0 amide bonds. The van der Waals surface area contributed by atoms with Crippen LogP contribution in [-0.2, 0) is 6.42 Å². The topological polar surface area (TPSA) is 12.0 Å². The maximum absolute atomic E-state index is 13.0. The highest BCUT2D eigenvalue weighted by Crippen LogP contribution is 2.21. The normalized spacial score (nSPS) is 13.5. The molecular weight excluding hydrogens is 258 g/mol. The van der Waals surface area contributed by atoms with Gasteiger partial charge < -0.3 is 5.32 Å². The number of halogens is 4. The van der Waals surface area contributed by atoms with Gasteiger partial charge in [0.2, 0.25) is 0 Å². The van der Waals surface area contributed by atoms with Crippen molar-refractivity contribution in [3.8, 4) is 0 Å². The number of benzene rings is 1. The molecule has 0 fully saturated rings. The van der Waals surface area contributed by atoms with E-state index in [0.29, 0.717) is 19.4 Å². The first-order chi connectivity index (χ1) is 8.87. The van der Waals surface area contributed by atoms with E-state index in [9.17, 15) is 17.6 Å². The molecule has 1 N–H and O–H groups in total. The van der Waals surface area contributed by atoms with Gasteiger partial charge in [0.05, 0.1) is 0 Å². The van der Waals surface area contributed by atoms with E-state index in [1.165, 1.54) is 12.1 Å². The second-order valence-electron chi connectivity index (χ2n) is 4.76. The summed E-state index contributed by atoms with van der Waals surface area (Å²) in [5.74, 6) is -0.269. The van der Waals surface area contributed by atoms with Crippen LogP contribution < -0.4 is 5.32 Å². The van der Waals surface area contributed by atoms with Crippen LogP contribution in [0, 0.1) is 5.82 Å². The van der Waals surface area contributed by atoms with E-state index in [2.05, 4.69) is 5.32 Å². The second-order valence-corrected chi connectivity index (χ2v) is 4.76. The predicted molar refractivity (Wildman–Crippen MR) is 67.5 cm³/mol. The van der Waals surface area contributed by atoms with E-state index in [4.69, 9.17) is 0 Å². The molecule has 0 aliphatic carbocycles. The molecule has 1 unspecified atom stereocenters. The molecule has 0 bridgehead atoms. The molecule has 0 aliphatic rings. The number of unbranched alkanes of at least 4 members (excludes halogenated alkanes) is 1. The molecule has 1 atom stereocenters. The maximum Gasteiger partial charge on any atom is 0.389 e. The van der Waals surface area contributed by atoms with Crippen LogP contribution in [0.15, 0.2) is 24.3 Å². The standard InChI is InChI=1S/C14H19F4N/c1-11(9-12-5-4-6-13(15)10-12)19-8-3-2-7-14(16,17)18/h4-6,10-11,19H,2-3,7-9H2,1H3. The first kappa shape index (κ1) is 16.0. The van der Waals surface area contributed by atoms with Crippen LogP contribution in [0.5, 0.6) is 0 Å². The van der Waals surface area contributed by atoms with Crippen LogP contribution in [0.2, 0.25) is 0 Å². The van der Waals surface area contributed by atoms with Crippen molar-refractivity contribution >= 4 is 0 Å². The third-order valence-corrected chi connectivity index (χ3v) is 2.81. The van der Waals surface area contributed by atoms with Crippen molar-refractivity contribution in [3.63, 3.8) is 0 Å². The third-order valence-electron chi connectivity index (χ3n) is 2.81. The number of nitrogens with one attached hydrogen (secondary N) is 1. The lowest BCUT2D eigenvalue weighted by Gasteiger charge is -2.14. The molecule has 0 radical (unpaired) electrons. The SMILES string of the molecule is CC(Cc1cccc(F)c1)NCCCCC(F)(F)F. The zero-order valence-electron chi connectivity index (χ0n) is 10.9. The Bertz CT molecular complexity index is 376. The molecule has 1 rings (SSSR count). The Kier molecular flexibility index (Phi) is 6.28. The number of hydrogen-bond donors (Lipinski definition) is 1. The fourth-order valence-electron chi connectivity index (χ4n) is 1.89. The summed E-state index contributed by atoms with van der Waals surface area (Å²) >= 11 is 0. The van der Waals surface area contributed by atoms with E-state index in [1.807, 2.05) is 13.0 Å². The predicted octanol–water partition coefficient (Wildman–Crippen LogP) is 4.08. The van der Waals surface area contributed by atoms with Crippen molar-refractivity contribution in [3.05, 3.63) is 35.6 Å². The minimum atomic E-state index is -4.06. The van der Waals surface area contributed by atoms with Crippen molar-refractivity contribution in [2.24, 2.45) is 0 Å². The monoisotopic (exact) mass is 277 g/mol. The molecule has 19 heavy (non-hydrogen) atoms. The van der Waals surface area contributed by atoms with Crippen LogP contribution in [0.3, 0.4) is 0 Å². The minimum absolute atomic E-state index is 0.118. The van der Waals surface area contributed by atoms with Gasteiger partial charge in [-0.25, -0.2) is 4.39 Å². The van der Waals surface area contributed by atoms with Crippen LogP contribution in [0.4, 0.5) is 17.6 Å². The molecule has 0 saturated heterocycles. The number of alkyl halides is 3. The Balaban J connectivity index is 2.16. The average molecular weight is 277 g/mol. The second kappa shape index (κ2) is 7.48. The van der Waals surface area contributed by atoms with Gasteiger partial charge in [0.15, 0.2) is 0 Å². The van der Waals surface area contributed by atoms with Crippen molar-refractivity contribution < 1.29 is 17.6 Å². The Hall–Kier alpha value is -1.10. The third kappa shape index (κ3) is 7.82. The highest BCUT2D eigenvalue weighted by Gasteiger charge is 2.25. The zero-order valence-corrected chi connectivity index (χ0v) is 10.9. The van der Waals surface area contributed by atoms with Gasteiger partial charge in [0.1, 0.15) is 5.82 Å². The van der Waals surface area contributed by atoms with Gasteiger partial charge in [-0.15, -0.1) is 0 Å². The Morgan fingerprint density at radius 2 is 1.95 bits per heavy atom. The summed E-state index contributed by atoms with van der Waals surface area (Å²) in [5, 5.41) is 3.15. The molecule has 108 valence electrons. The van der Waals surface area contributed by atoms with Gasteiger partial charge in [-0.3, -0.25) is 0 Å². The Morgan fingerprint density at radius 1 is 1.21 bits per heavy atom. The molecule has 0 aliphatic heterocycles. The molecule has 0 aromatic heterocycles. The lowest BCUT2D eigenvalue weighted by Crippen LogP contribution is -2.29. The molecule has 0 saturated carbocycles.